The van der Waals surface area contributed by atoms with Gasteiger partial charge in [-0.3, -0.25) is 39.1 Å². The van der Waals surface area contributed by atoms with Gasteiger partial charge in [0, 0.05) is 66.8 Å². The molecule has 5 aliphatic rings. The highest BCUT2D eigenvalue weighted by molar-refractivity contribution is 6.31. The summed E-state index contributed by atoms with van der Waals surface area (Å²) in [5.74, 6) is -0.783. The van der Waals surface area contributed by atoms with Crippen LogP contribution in [0.1, 0.15) is 114 Å². The molecule has 8 rings (SSSR count). The van der Waals surface area contributed by atoms with Crippen molar-refractivity contribution in [2.24, 2.45) is 16.7 Å². The zero-order chi connectivity index (χ0) is 41.1. The fourth-order valence-electron chi connectivity index (χ4n) is 10.3. The first-order valence-electron chi connectivity index (χ1n) is 20.3. The van der Waals surface area contributed by atoms with Crippen LogP contribution < -0.4 is 20.3 Å². The normalized spacial score (nSPS) is 23.8. The fourth-order valence-corrected chi connectivity index (χ4v) is 10.5. The number of amides is 5. The third-order valence-corrected chi connectivity index (χ3v) is 13.5. The van der Waals surface area contributed by atoms with E-state index in [1.54, 1.807) is 18.2 Å². The van der Waals surface area contributed by atoms with Crippen molar-refractivity contribution in [3.63, 3.8) is 0 Å². The number of hydrogen-bond donors (Lipinski definition) is 2. The number of ether oxygens (including phenoxy) is 1. The topological polar surface area (TPSA) is 152 Å². The van der Waals surface area contributed by atoms with E-state index in [1.165, 1.54) is 0 Å². The molecule has 0 radical (unpaired) electrons. The molecule has 3 fully saturated rings. The molecule has 12 nitrogen and oxygen atoms in total. The first-order valence-corrected chi connectivity index (χ1v) is 20.7. The van der Waals surface area contributed by atoms with Gasteiger partial charge >= 0.3 is 0 Å². The van der Waals surface area contributed by atoms with Gasteiger partial charge in [-0.05, 0) is 104 Å². The van der Waals surface area contributed by atoms with Gasteiger partial charge in [0.1, 0.15) is 24.0 Å². The number of carbonyl (C=O) groups is 5. The number of nitriles is 1. The van der Waals surface area contributed by atoms with Gasteiger partial charge in [0.25, 0.3) is 17.7 Å². The van der Waals surface area contributed by atoms with Crippen LogP contribution in [0.5, 0.6) is 5.75 Å². The Morgan fingerprint density at radius 1 is 0.914 bits per heavy atom. The van der Waals surface area contributed by atoms with E-state index in [9.17, 15) is 29.2 Å². The van der Waals surface area contributed by atoms with Crippen molar-refractivity contribution in [3.05, 3.63) is 93.0 Å². The predicted octanol–water partition coefficient (Wildman–Crippen LogP) is 6.24. The lowest BCUT2D eigenvalue weighted by Gasteiger charge is -2.63. The summed E-state index contributed by atoms with van der Waals surface area (Å²) in [6.07, 6.45) is 4.47. The number of hydrogen-bond acceptors (Lipinski definition) is 9. The molecule has 5 amide bonds. The number of fused-ring (bicyclic) bond motifs is 2. The van der Waals surface area contributed by atoms with E-state index in [0.29, 0.717) is 38.9 Å². The van der Waals surface area contributed by atoms with E-state index in [0.717, 1.165) is 80.1 Å². The van der Waals surface area contributed by atoms with E-state index in [4.69, 9.17) is 16.3 Å². The maximum Gasteiger partial charge on any atom is 0.262 e. The third kappa shape index (κ3) is 7.13. The highest BCUT2D eigenvalue weighted by Crippen LogP contribution is 2.55. The predicted molar refractivity (Wildman–Crippen MR) is 217 cm³/mol. The SMILES string of the molecule is CC1(C)C(NC(=O)c2ccc(N3CCC(CCCN4Cc5cc6c(cc5C4)C(=O)N(C4CCC(=O)NC4=O)C6=O)CC3)cc2)C(C)(C)C1Oc1ccc(C#N)c(Cl)c1. The molecule has 2 saturated heterocycles. The summed E-state index contributed by atoms with van der Waals surface area (Å²) in [6, 6.07) is 17.6. The molecule has 1 aliphatic carbocycles. The van der Waals surface area contributed by atoms with Gasteiger partial charge in [0.2, 0.25) is 11.8 Å². The van der Waals surface area contributed by atoms with Crippen molar-refractivity contribution in [1.29, 1.82) is 5.26 Å². The summed E-state index contributed by atoms with van der Waals surface area (Å²) in [5, 5.41) is 15.1. The van der Waals surface area contributed by atoms with Crippen LogP contribution in [0.25, 0.3) is 0 Å². The van der Waals surface area contributed by atoms with E-state index >= 15 is 0 Å². The Kier molecular flexibility index (Phi) is 10.3. The lowest BCUT2D eigenvalue weighted by atomic mass is 9.49. The molecule has 1 unspecified atom stereocenters. The van der Waals surface area contributed by atoms with Crippen molar-refractivity contribution in [2.45, 2.75) is 97.5 Å². The van der Waals surface area contributed by atoms with Crippen LogP contribution in [0.2, 0.25) is 5.02 Å². The quantitative estimate of drug-likeness (QED) is 0.227. The van der Waals surface area contributed by atoms with Gasteiger partial charge in [-0.2, -0.15) is 5.26 Å². The highest BCUT2D eigenvalue weighted by atomic mass is 35.5. The largest absolute Gasteiger partial charge is 0.489 e. The molecule has 3 aromatic rings. The maximum atomic E-state index is 13.5. The Balaban J connectivity index is 0.778. The van der Waals surface area contributed by atoms with Crippen LogP contribution in [-0.4, -0.2) is 77.2 Å². The fraction of sp³-hybridized carbons (Fsp3) is 0.467. The molecule has 58 heavy (non-hydrogen) atoms. The Hall–Kier alpha value is -5.25. The van der Waals surface area contributed by atoms with Crippen LogP contribution in [0.15, 0.2) is 54.6 Å². The van der Waals surface area contributed by atoms with Crippen LogP contribution in [0.3, 0.4) is 0 Å². The van der Waals surface area contributed by atoms with Gasteiger partial charge in [-0.15, -0.1) is 0 Å². The second-order valence-corrected chi connectivity index (χ2v) is 18.2. The third-order valence-electron chi connectivity index (χ3n) is 13.2. The number of benzene rings is 3. The van der Waals surface area contributed by atoms with Crippen molar-refractivity contribution in [2.75, 3.05) is 24.5 Å². The van der Waals surface area contributed by atoms with E-state index in [-0.39, 0.29) is 47.6 Å². The molecule has 13 heteroatoms. The summed E-state index contributed by atoms with van der Waals surface area (Å²) in [4.78, 5) is 69.8. The van der Waals surface area contributed by atoms with Crippen molar-refractivity contribution in [3.8, 4) is 11.8 Å². The smallest absolute Gasteiger partial charge is 0.262 e. The minimum Gasteiger partial charge on any atom is -0.489 e. The average Bonchev–Trinajstić information content (AvgIpc) is 3.71. The van der Waals surface area contributed by atoms with E-state index in [1.807, 2.05) is 36.4 Å². The second-order valence-electron chi connectivity index (χ2n) is 17.7. The molecular formula is C45H49ClN6O6. The molecule has 0 bridgehead atoms. The maximum absolute atomic E-state index is 13.5. The Bertz CT molecular complexity index is 2180. The second kappa shape index (κ2) is 15.2. The molecule has 302 valence electrons. The molecule has 0 aromatic heterocycles. The number of halogens is 1. The summed E-state index contributed by atoms with van der Waals surface area (Å²) in [7, 11) is 0. The van der Waals surface area contributed by atoms with Gasteiger partial charge in [0.05, 0.1) is 21.7 Å². The van der Waals surface area contributed by atoms with E-state index in [2.05, 4.69) is 54.2 Å². The number of piperidine rings is 2. The number of nitrogens with zero attached hydrogens (tertiary/aromatic N) is 4. The molecule has 3 aromatic carbocycles. The summed E-state index contributed by atoms with van der Waals surface area (Å²) in [6.45, 7) is 12.7. The number of nitrogens with one attached hydrogen (secondary N) is 2. The average molecular weight is 805 g/mol. The number of anilines is 1. The Morgan fingerprint density at radius 3 is 2.14 bits per heavy atom. The minimum absolute atomic E-state index is 0.100. The summed E-state index contributed by atoms with van der Waals surface area (Å²) in [5.41, 5.74) is 4.21. The number of rotatable bonds is 10. The standard InChI is InChI=1S/C45H49ClN6O6/c1-44(2)42(45(3,4)43(44)58-32-12-9-28(23-47)35(46)22-32)49-38(54)27-7-10-31(11-8-27)51-18-15-26(16-19-51)6-5-17-50-24-29-20-33-34(21-30(29)25-50)41(57)52(40(33)56)36-13-14-37(53)48-39(36)55/h7-12,20-22,26,36,42-43H,5-6,13-19,24-25H2,1-4H3,(H,49,54)(H,48,53,55). The van der Waals surface area contributed by atoms with Crippen molar-refractivity contribution in [1.82, 2.24) is 20.4 Å². The monoisotopic (exact) mass is 804 g/mol. The molecular weight excluding hydrogens is 756 g/mol. The van der Waals surface area contributed by atoms with E-state index < -0.39 is 23.8 Å². The molecule has 1 atom stereocenters. The lowest BCUT2D eigenvalue weighted by molar-refractivity contribution is -0.164. The Morgan fingerprint density at radius 2 is 1.55 bits per heavy atom. The van der Waals surface area contributed by atoms with Gasteiger partial charge in [-0.25, -0.2) is 0 Å². The van der Waals surface area contributed by atoms with Gasteiger partial charge in [-0.1, -0.05) is 39.3 Å². The van der Waals surface area contributed by atoms with Gasteiger partial charge < -0.3 is 15.0 Å². The van der Waals surface area contributed by atoms with Crippen molar-refractivity contribution >= 4 is 46.8 Å². The van der Waals surface area contributed by atoms with Crippen molar-refractivity contribution < 1.29 is 28.7 Å². The summed E-state index contributed by atoms with van der Waals surface area (Å²) < 4.78 is 6.38. The van der Waals surface area contributed by atoms with Crippen LogP contribution in [0, 0.1) is 28.1 Å². The number of imide groups is 2. The highest BCUT2D eigenvalue weighted by Gasteiger charge is 2.64. The Labute approximate surface area is 343 Å². The molecule has 1 saturated carbocycles. The molecule has 4 heterocycles. The van der Waals surface area contributed by atoms with Crippen LogP contribution in [0.4, 0.5) is 5.69 Å². The lowest BCUT2D eigenvalue weighted by Crippen LogP contribution is -2.74. The molecule has 4 aliphatic heterocycles. The van der Waals surface area contributed by atoms with Crippen LogP contribution in [-0.2, 0) is 22.7 Å². The molecule has 2 N–H and O–H groups in total. The number of carbonyl (C=O) groups excluding carboxylic acids is 5. The zero-order valence-corrected chi connectivity index (χ0v) is 34.2. The first-order chi connectivity index (χ1) is 27.6. The first kappa shape index (κ1) is 39.6. The zero-order valence-electron chi connectivity index (χ0n) is 33.4. The van der Waals surface area contributed by atoms with Crippen LogP contribution >= 0.6 is 11.6 Å². The van der Waals surface area contributed by atoms with Gasteiger partial charge in [0.15, 0.2) is 0 Å². The summed E-state index contributed by atoms with van der Waals surface area (Å²) >= 11 is 6.25. The molecule has 0 spiro atoms. The minimum atomic E-state index is -0.957.